The molecule has 1 aromatic carbocycles. The Morgan fingerprint density at radius 1 is 1.04 bits per heavy atom. The third-order valence-electron chi connectivity index (χ3n) is 4.38. The lowest BCUT2D eigenvalue weighted by molar-refractivity contribution is -0.125. The first-order valence-electron chi connectivity index (χ1n) is 8.41. The summed E-state index contributed by atoms with van der Waals surface area (Å²) in [4.78, 5) is 23.6. The molecule has 0 saturated heterocycles. The molecule has 1 aliphatic rings. The Hall–Kier alpha value is -1.93. The fourth-order valence-electron chi connectivity index (χ4n) is 2.72. The lowest BCUT2D eigenvalue weighted by Gasteiger charge is -2.12. The summed E-state index contributed by atoms with van der Waals surface area (Å²) in [5.41, 5.74) is 1.85. The summed E-state index contributed by atoms with van der Waals surface area (Å²) in [6.45, 7) is 3.15. The van der Waals surface area contributed by atoms with Gasteiger partial charge in [0.25, 0.3) is 0 Å². The van der Waals surface area contributed by atoms with Gasteiger partial charge in [-0.1, -0.05) is 18.9 Å². The first kappa shape index (κ1) is 19.4. The van der Waals surface area contributed by atoms with Crippen molar-refractivity contribution < 1.29 is 18.0 Å². The monoisotopic (exact) mass is 367 g/mol. The van der Waals surface area contributed by atoms with Crippen molar-refractivity contribution in [3.63, 3.8) is 0 Å². The van der Waals surface area contributed by atoms with Crippen molar-refractivity contribution in [2.24, 2.45) is 0 Å². The van der Waals surface area contributed by atoms with Crippen LogP contribution in [-0.2, 0) is 19.6 Å². The maximum absolute atomic E-state index is 12.2. The highest BCUT2D eigenvalue weighted by Crippen LogP contribution is 2.17. The molecule has 0 aliphatic heterocycles. The van der Waals surface area contributed by atoms with Crippen LogP contribution in [-0.4, -0.2) is 39.4 Å². The Bertz CT molecular complexity index is 740. The molecule has 1 aromatic rings. The minimum Gasteiger partial charge on any atom is -0.352 e. The van der Waals surface area contributed by atoms with Gasteiger partial charge in [0.15, 0.2) is 0 Å². The SMILES string of the molecule is Cc1ccc(S(=O)(=O)NCC(=O)NCC(=O)NC2CCCC2)cc1C. The topological polar surface area (TPSA) is 104 Å². The second-order valence-corrected chi connectivity index (χ2v) is 8.16. The molecule has 0 atom stereocenters. The van der Waals surface area contributed by atoms with E-state index < -0.39 is 22.5 Å². The van der Waals surface area contributed by atoms with Gasteiger partial charge in [-0.25, -0.2) is 13.1 Å². The number of sulfonamides is 1. The molecule has 2 amide bonds. The lowest BCUT2D eigenvalue weighted by Crippen LogP contribution is -2.44. The van der Waals surface area contributed by atoms with Gasteiger partial charge < -0.3 is 10.6 Å². The maximum atomic E-state index is 12.2. The van der Waals surface area contributed by atoms with Gasteiger partial charge in [0.2, 0.25) is 21.8 Å². The van der Waals surface area contributed by atoms with Crippen LogP contribution in [0.4, 0.5) is 0 Å². The summed E-state index contributed by atoms with van der Waals surface area (Å²) in [6.07, 6.45) is 4.15. The number of rotatable bonds is 7. The van der Waals surface area contributed by atoms with Gasteiger partial charge in [-0.3, -0.25) is 9.59 Å². The molecule has 1 saturated carbocycles. The van der Waals surface area contributed by atoms with Crippen LogP contribution in [0.5, 0.6) is 0 Å². The highest BCUT2D eigenvalue weighted by Gasteiger charge is 2.18. The zero-order chi connectivity index (χ0) is 18.4. The molecule has 7 nitrogen and oxygen atoms in total. The summed E-state index contributed by atoms with van der Waals surface area (Å²) in [5.74, 6) is -0.800. The molecule has 0 radical (unpaired) electrons. The van der Waals surface area contributed by atoms with Crippen molar-refractivity contribution in [1.29, 1.82) is 0 Å². The van der Waals surface area contributed by atoms with Gasteiger partial charge >= 0.3 is 0 Å². The van der Waals surface area contributed by atoms with Crippen LogP contribution in [0.25, 0.3) is 0 Å². The summed E-state index contributed by atoms with van der Waals surface area (Å²) in [6, 6.07) is 4.97. The number of benzene rings is 1. The van der Waals surface area contributed by atoms with Crippen molar-refractivity contribution in [3.8, 4) is 0 Å². The van der Waals surface area contributed by atoms with E-state index in [4.69, 9.17) is 0 Å². The van der Waals surface area contributed by atoms with Gasteiger partial charge in [0.05, 0.1) is 18.0 Å². The fraction of sp³-hybridized carbons (Fsp3) is 0.529. The van der Waals surface area contributed by atoms with Crippen molar-refractivity contribution in [3.05, 3.63) is 29.3 Å². The van der Waals surface area contributed by atoms with Crippen LogP contribution in [0.2, 0.25) is 0 Å². The number of hydrogen-bond donors (Lipinski definition) is 3. The van der Waals surface area contributed by atoms with E-state index in [0.717, 1.165) is 36.8 Å². The molecule has 138 valence electrons. The average Bonchev–Trinajstić information content (AvgIpc) is 3.06. The number of carbonyl (C=O) groups excluding carboxylic acids is 2. The van der Waals surface area contributed by atoms with E-state index in [9.17, 15) is 18.0 Å². The van der Waals surface area contributed by atoms with Crippen molar-refractivity contribution in [2.75, 3.05) is 13.1 Å². The third kappa shape index (κ3) is 5.82. The van der Waals surface area contributed by atoms with E-state index in [-0.39, 0.29) is 23.4 Å². The van der Waals surface area contributed by atoms with Crippen LogP contribution >= 0.6 is 0 Å². The predicted molar refractivity (Wildman–Crippen MR) is 94.5 cm³/mol. The Balaban J connectivity index is 1.78. The Morgan fingerprint density at radius 3 is 2.36 bits per heavy atom. The minimum atomic E-state index is -3.76. The summed E-state index contributed by atoms with van der Waals surface area (Å²) >= 11 is 0. The standard InChI is InChI=1S/C17H25N3O4S/c1-12-7-8-15(9-13(12)2)25(23,24)19-11-16(21)18-10-17(22)20-14-5-3-4-6-14/h7-9,14,19H,3-6,10-11H2,1-2H3,(H,18,21)(H,20,22). The second-order valence-electron chi connectivity index (χ2n) is 6.40. The van der Waals surface area contributed by atoms with Crippen molar-refractivity contribution in [2.45, 2.75) is 50.5 Å². The Morgan fingerprint density at radius 2 is 1.72 bits per heavy atom. The molecule has 25 heavy (non-hydrogen) atoms. The average molecular weight is 367 g/mol. The van der Waals surface area contributed by atoms with E-state index in [1.54, 1.807) is 12.1 Å². The van der Waals surface area contributed by atoms with E-state index in [1.165, 1.54) is 6.07 Å². The fourth-order valence-corrected chi connectivity index (χ4v) is 3.78. The minimum absolute atomic E-state index is 0.113. The number of amides is 2. The first-order chi connectivity index (χ1) is 11.8. The highest BCUT2D eigenvalue weighted by molar-refractivity contribution is 7.89. The quantitative estimate of drug-likeness (QED) is 0.662. The van der Waals surface area contributed by atoms with E-state index >= 15 is 0 Å². The Labute approximate surface area is 148 Å². The Kier molecular flexibility index (Phi) is 6.55. The van der Waals surface area contributed by atoms with Crippen LogP contribution in [0.15, 0.2) is 23.1 Å². The predicted octanol–water partition coefficient (Wildman–Crippen LogP) is 0.757. The van der Waals surface area contributed by atoms with Crippen molar-refractivity contribution >= 4 is 21.8 Å². The normalized spacial score (nSPS) is 15.1. The zero-order valence-corrected chi connectivity index (χ0v) is 15.4. The van der Waals surface area contributed by atoms with E-state index in [1.807, 2.05) is 13.8 Å². The van der Waals surface area contributed by atoms with Gasteiger partial charge in [0.1, 0.15) is 0 Å². The summed E-state index contributed by atoms with van der Waals surface area (Å²) in [5, 5.41) is 5.27. The molecule has 8 heteroatoms. The van der Waals surface area contributed by atoms with Crippen molar-refractivity contribution in [1.82, 2.24) is 15.4 Å². The van der Waals surface area contributed by atoms with E-state index in [0.29, 0.717) is 0 Å². The van der Waals surface area contributed by atoms with Crippen LogP contribution in [0.3, 0.4) is 0 Å². The van der Waals surface area contributed by atoms with Crippen LogP contribution in [0, 0.1) is 13.8 Å². The van der Waals surface area contributed by atoms with Gasteiger partial charge in [-0.2, -0.15) is 0 Å². The number of carbonyl (C=O) groups is 2. The number of nitrogens with one attached hydrogen (secondary N) is 3. The molecule has 0 spiro atoms. The molecule has 0 bridgehead atoms. The largest absolute Gasteiger partial charge is 0.352 e. The summed E-state index contributed by atoms with van der Waals surface area (Å²) in [7, 11) is -3.76. The van der Waals surface area contributed by atoms with Gasteiger partial charge in [-0.15, -0.1) is 0 Å². The highest BCUT2D eigenvalue weighted by atomic mass is 32.2. The number of aryl methyl sites for hydroxylation is 2. The first-order valence-corrected chi connectivity index (χ1v) is 9.89. The molecule has 2 rings (SSSR count). The van der Waals surface area contributed by atoms with Crippen LogP contribution < -0.4 is 15.4 Å². The number of hydrogen-bond acceptors (Lipinski definition) is 4. The van der Waals surface area contributed by atoms with Gasteiger partial charge in [-0.05, 0) is 49.9 Å². The molecule has 0 heterocycles. The lowest BCUT2D eigenvalue weighted by atomic mass is 10.1. The van der Waals surface area contributed by atoms with E-state index in [2.05, 4.69) is 15.4 Å². The molecule has 1 aliphatic carbocycles. The summed E-state index contributed by atoms with van der Waals surface area (Å²) < 4.78 is 26.6. The molecule has 3 N–H and O–H groups in total. The smallest absolute Gasteiger partial charge is 0.241 e. The molecular formula is C17H25N3O4S. The molecule has 0 aromatic heterocycles. The molecule has 0 unspecified atom stereocenters. The van der Waals surface area contributed by atoms with Gasteiger partial charge in [0, 0.05) is 6.04 Å². The third-order valence-corrected chi connectivity index (χ3v) is 5.78. The maximum Gasteiger partial charge on any atom is 0.241 e. The molecular weight excluding hydrogens is 342 g/mol. The molecule has 1 fully saturated rings. The zero-order valence-electron chi connectivity index (χ0n) is 14.6. The van der Waals surface area contributed by atoms with Crippen LogP contribution in [0.1, 0.15) is 36.8 Å². The second kappa shape index (κ2) is 8.44.